The van der Waals surface area contributed by atoms with Gasteiger partial charge in [-0.2, -0.15) is 4.68 Å². The monoisotopic (exact) mass is 375 g/mol. The van der Waals surface area contributed by atoms with Crippen molar-refractivity contribution in [3.8, 4) is 5.75 Å². The van der Waals surface area contributed by atoms with Gasteiger partial charge in [0.15, 0.2) is 21.3 Å². The molecule has 0 spiro atoms. The number of aromatic nitrogens is 3. The number of methoxy groups -OCH3 is 1. The third-order valence-corrected chi connectivity index (χ3v) is 6.57. The van der Waals surface area contributed by atoms with Gasteiger partial charge in [-0.3, -0.25) is 4.79 Å². The highest BCUT2D eigenvalue weighted by Crippen LogP contribution is 2.45. The number of para-hydroxylation sites is 1. The van der Waals surface area contributed by atoms with Gasteiger partial charge in [-0.1, -0.05) is 23.4 Å². The minimum atomic E-state index is -3.50. The number of fused-ring (bicyclic) bond motifs is 2. The molecule has 0 saturated heterocycles. The summed E-state index contributed by atoms with van der Waals surface area (Å²) in [6.07, 6.45) is 0.988. The van der Waals surface area contributed by atoms with E-state index in [1.54, 1.807) is 24.3 Å². The van der Waals surface area contributed by atoms with E-state index in [0.717, 1.165) is 0 Å². The van der Waals surface area contributed by atoms with Crippen LogP contribution in [-0.4, -0.2) is 42.2 Å². The van der Waals surface area contributed by atoms with E-state index in [4.69, 9.17) is 10.5 Å². The second-order valence-electron chi connectivity index (χ2n) is 6.12. The Labute approximate surface area is 149 Å². The second kappa shape index (κ2) is 5.84. The highest BCUT2D eigenvalue weighted by molar-refractivity contribution is 7.95. The fourth-order valence-electron chi connectivity index (χ4n) is 3.49. The number of carbonyl (C=O) groups is 1. The highest BCUT2D eigenvalue weighted by atomic mass is 32.2. The number of allylic oxidation sites excluding steroid dienone is 1. The van der Waals surface area contributed by atoms with Gasteiger partial charge < -0.3 is 15.8 Å². The number of rotatable bonds is 3. The van der Waals surface area contributed by atoms with Gasteiger partial charge in [0.05, 0.1) is 29.5 Å². The lowest BCUT2D eigenvalue weighted by Crippen LogP contribution is -2.32. The van der Waals surface area contributed by atoms with Crippen molar-refractivity contribution >= 4 is 27.3 Å². The summed E-state index contributed by atoms with van der Waals surface area (Å²) in [7, 11) is -1.98. The molecule has 1 aromatic heterocycles. The molecule has 2 aliphatic rings. The molecular formula is C16H17N5O4S. The molecule has 1 atom stereocenters. The van der Waals surface area contributed by atoms with E-state index in [-0.39, 0.29) is 16.4 Å². The molecule has 2 aromatic rings. The molecule has 2 aliphatic heterocycles. The van der Waals surface area contributed by atoms with E-state index in [0.29, 0.717) is 35.7 Å². The summed E-state index contributed by atoms with van der Waals surface area (Å²) >= 11 is 0. The topological polar surface area (TPSA) is 129 Å². The Morgan fingerprint density at radius 3 is 2.88 bits per heavy atom. The fourth-order valence-corrected chi connectivity index (χ4v) is 5.33. The number of anilines is 1. The molecule has 136 valence electrons. The maximum absolute atomic E-state index is 12.9. The van der Waals surface area contributed by atoms with E-state index in [1.807, 2.05) is 0 Å². The predicted molar refractivity (Wildman–Crippen MR) is 94.1 cm³/mol. The van der Waals surface area contributed by atoms with Crippen LogP contribution in [0.15, 0.2) is 29.2 Å². The van der Waals surface area contributed by atoms with Gasteiger partial charge in [0.2, 0.25) is 0 Å². The molecule has 1 aromatic carbocycles. The molecule has 0 saturated carbocycles. The predicted octanol–water partition coefficient (Wildman–Crippen LogP) is 0.930. The number of carbonyl (C=O) groups excluding carboxylic acids is 1. The zero-order valence-electron chi connectivity index (χ0n) is 14.0. The number of primary amides is 1. The summed E-state index contributed by atoms with van der Waals surface area (Å²) in [4.78, 5) is 11.9. The van der Waals surface area contributed by atoms with Crippen LogP contribution in [0.4, 0.5) is 5.82 Å². The van der Waals surface area contributed by atoms with Crippen molar-refractivity contribution in [1.82, 2.24) is 15.0 Å². The van der Waals surface area contributed by atoms with E-state index in [9.17, 15) is 13.2 Å². The van der Waals surface area contributed by atoms with Crippen molar-refractivity contribution in [2.24, 2.45) is 5.73 Å². The number of ether oxygens (including phenoxy) is 1. The van der Waals surface area contributed by atoms with Crippen LogP contribution >= 0.6 is 0 Å². The molecule has 3 heterocycles. The van der Waals surface area contributed by atoms with Gasteiger partial charge in [0.25, 0.3) is 5.91 Å². The lowest BCUT2D eigenvalue weighted by Gasteiger charge is -2.33. The molecule has 3 N–H and O–H groups in total. The standard InChI is InChI=1S/C16H17N5O4S/c1-25-11-7-3-2-5-9(11)12-14-10(6-4-8-26(14,23)24)21-16(18-12)13(15(17)22)19-20-21/h2-3,5,7,12,18H,4,6,8H2,1H3,(H2,17,22). The van der Waals surface area contributed by atoms with Gasteiger partial charge in [-0.05, 0) is 18.9 Å². The number of nitrogens with two attached hydrogens (primary N) is 1. The molecule has 9 nitrogen and oxygen atoms in total. The highest BCUT2D eigenvalue weighted by Gasteiger charge is 2.41. The molecule has 0 radical (unpaired) electrons. The van der Waals surface area contributed by atoms with Crippen LogP contribution < -0.4 is 15.8 Å². The van der Waals surface area contributed by atoms with Gasteiger partial charge in [0, 0.05) is 5.56 Å². The minimum Gasteiger partial charge on any atom is -0.496 e. The van der Waals surface area contributed by atoms with Crippen molar-refractivity contribution in [3.63, 3.8) is 0 Å². The first kappa shape index (κ1) is 16.6. The average molecular weight is 375 g/mol. The van der Waals surface area contributed by atoms with Crippen molar-refractivity contribution in [3.05, 3.63) is 40.4 Å². The Kier molecular flexibility index (Phi) is 3.72. The van der Waals surface area contributed by atoms with Gasteiger partial charge in [-0.15, -0.1) is 5.10 Å². The maximum atomic E-state index is 12.9. The van der Waals surface area contributed by atoms with Crippen LogP contribution in [0.25, 0.3) is 5.70 Å². The zero-order valence-corrected chi connectivity index (χ0v) is 14.8. The molecule has 0 aliphatic carbocycles. The van der Waals surface area contributed by atoms with Crippen LogP contribution in [-0.2, 0) is 9.84 Å². The molecule has 26 heavy (non-hydrogen) atoms. The number of benzene rings is 1. The second-order valence-corrected chi connectivity index (χ2v) is 8.19. The number of hydrogen-bond donors (Lipinski definition) is 2. The Bertz CT molecular complexity index is 1040. The molecule has 0 bridgehead atoms. The lowest BCUT2D eigenvalue weighted by atomic mass is 10.0. The molecule has 1 amide bonds. The van der Waals surface area contributed by atoms with Crippen molar-refractivity contribution in [2.75, 3.05) is 18.2 Å². The first-order valence-electron chi connectivity index (χ1n) is 8.05. The number of sulfone groups is 1. The van der Waals surface area contributed by atoms with E-state index in [1.165, 1.54) is 11.8 Å². The van der Waals surface area contributed by atoms with E-state index in [2.05, 4.69) is 15.6 Å². The first-order valence-corrected chi connectivity index (χ1v) is 9.70. The molecular weight excluding hydrogens is 358 g/mol. The molecule has 4 rings (SSSR count). The molecule has 0 fully saturated rings. The largest absolute Gasteiger partial charge is 0.496 e. The van der Waals surface area contributed by atoms with Gasteiger partial charge in [0.1, 0.15) is 5.75 Å². The normalized spacial score (nSPS) is 20.7. The Morgan fingerprint density at radius 1 is 1.38 bits per heavy atom. The van der Waals surface area contributed by atoms with Crippen molar-refractivity contribution < 1.29 is 17.9 Å². The van der Waals surface area contributed by atoms with Crippen LogP contribution in [0.2, 0.25) is 0 Å². The van der Waals surface area contributed by atoms with Gasteiger partial charge >= 0.3 is 0 Å². The SMILES string of the molecule is COc1ccccc1C1Nc2c(C(N)=O)nnn2C2=C1S(=O)(=O)CCC2. The minimum absolute atomic E-state index is 0.0283. The van der Waals surface area contributed by atoms with Crippen molar-refractivity contribution in [1.29, 1.82) is 0 Å². The van der Waals surface area contributed by atoms with E-state index >= 15 is 0 Å². The maximum Gasteiger partial charge on any atom is 0.273 e. The molecule has 1 unspecified atom stereocenters. The smallest absolute Gasteiger partial charge is 0.273 e. The average Bonchev–Trinajstić information content (AvgIpc) is 3.05. The number of amides is 1. The summed E-state index contributed by atoms with van der Waals surface area (Å²) in [5.41, 5.74) is 6.53. The summed E-state index contributed by atoms with van der Waals surface area (Å²) in [5, 5.41) is 10.9. The summed E-state index contributed by atoms with van der Waals surface area (Å²) in [6.45, 7) is 0. The Morgan fingerprint density at radius 2 is 2.15 bits per heavy atom. The zero-order chi connectivity index (χ0) is 18.5. The number of hydrogen-bond acceptors (Lipinski definition) is 7. The third kappa shape index (κ3) is 2.37. The van der Waals surface area contributed by atoms with Crippen molar-refractivity contribution in [2.45, 2.75) is 18.9 Å². The first-order chi connectivity index (χ1) is 12.4. The van der Waals surface area contributed by atoms with Crippen LogP contribution in [0.3, 0.4) is 0 Å². The van der Waals surface area contributed by atoms with Crippen LogP contribution in [0.1, 0.15) is 34.9 Å². The molecule has 10 heteroatoms. The summed E-state index contributed by atoms with van der Waals surface area (Å²) in [6, 6.07) is 6.43. The number of nitrogens with one attached hydrogen (secondary N) is 1. The van der Waals surface area contributed by atoms with Gasteiger partial charge in [-0.25, -0.2) is 8.42 Å². The van der Waals surface area contributed by atoms with Crippen LogP contribution in [0.5, 0.6) is 5.75 Å². The number of nitrogens with zero attached hydrogens (tertiary/aromatic N) is 3. The third-order valence-electron chi connectivity index (χ3n) is 4.60. The Balaban J connectivity index is 2.00. The summed E-state index contributed by atoms with van der Waals surface area (Å²) in [5.74, 6) is 0.162. The quantitative estimate of drug-likeness (QED) is 0.816. The summed E-state index contributed by atoms with van der Waals surface area (Å²) < 4.78 is 32.5. The van der Waals surface area contributed by atoms with Crippen LogP contribution in [0, 0.1) is 0 Å². The lowest BCUT2D eigenvalue weighted by molar-refractivity contribution is 0.0996. The van der Waals surface area contributed by atoms with E-state index < -0.39 is 21.8 Å². The Hall–Kier alpha value is -2.88. The fraction of sp³-hybridized carbons (Fsp3) is 0.312.